The molecule has 3 aliphatic heterocycles. The standard InChI is InChI=1S/C30H37FN10O2S/c1-19-11-29(38-37-19)35-28-15-27-26(6-3-21(33-27)18-40-9-7-39(2)8-10-40)30(36-28)34-22-13-23-4-5-24(14-22)41(23)44(42,43)25-12-20(31)16-32-17-25/h3,6,11-12,15-17,22-24H,4-5,7-10,13-14,18H2,1-2H3,(H3,34,35,36,37,38)/t22?,23-,24+. The highest BCUT2D eigenvalue weighted by atomic mass is 32.2. The number of nitrogens with zero attached hydrogens (tertiary/aromatic N) is 7. The van der Waals surface area contributed by atoms with Crippen LogP contribution >= 0.6 is 0 Å². The van der Waals surface area contributed by atoms with Crippen LogP contribution in [0, 0.1) is 12.7 Å². The van der Waals surface area contributed by atoms with E-state index in [-0.39, 0.29) is 23.0 Å². The lowest BCUT2D eigenvalue weighted by molar-refractivity contribution is 0.147. The van der Waals surface area contributed by atoms with E-state index in [4.69, 9.17) is 9.97 Å². The lowest BCUT2D eigenvalue weighted by Crippen LogP contribution is -2.49. The van der Waals surface area contributed by atoms with Gasteiger partial charge in [-0.2, -0.15) is 9.40 Å². The van der Waals surface area contributed by atoms with Crippen LogP contribution < -0.4 is 10.6 Å². The lowest BCUT2D eigenvalue weighted by Gasteiger charge is -2.38. The number of hydrogen-bond acceptors (Lipinski definition) is 10. The van der Waals surface area contributed by atoms with Crippen molar-refractivity contribution in [2.75, 3.05) is 43.9 Å². The van der Waals surface area contributed by atoms with Crippen LogP contribution in [-0.2, 0) is 16.6 Å². The molecule has 2 bridgehead atoms. The second-order valence-electron chi connectivity index (χ2n) is 12.2. The Morgan fingerprint density at radius 2 is 1.77 bits per heavy atom. The fraction of sp³-hybridized carbons (Fsp3) is 0.467. The maximum absolute atomic E-state index is 13.9. The van der Waals surface area contributed by atoms with E-state index in [0.717, 1.165) is 80.1 Å². The first kappa shape index (κ1) is 29.0. The summed E-state index contributed by atoms with van der Waals surface area (Å²) in [5.74, 6) is 1.33. The van der Waals surface area contributed by atoms with E-state index in [0.29, 0.717) is 30.3 Å². The highest BCUT2D eigenvalue weighted by molar-refractivity contribution is 7.89. The number of sulfonamides is 1. The van der Waals surface area contributed by atoms with E-state index < -0.39 is 15.8 Å². The van der Waals surface area contributed by atoms with E-state index in [2.05, 4.69) is 54.8 Å². The summed E-state index contributed by atoms with van der Waals surface area (Å²) in [5.41, 5.74) is 2.76. The SMILES string of the molecule is Cc1cc(Nc2cc3nc(CN4CCN(C)CC4)ccc3c(NC3C[C@H]4CC[C@@H](C3)N4S(=O)(=O)c3cncc(F)c3)n2)n[nH]1. The number of halogens is 1. The number of anilines is 3. The van der Waals surface area contributed by atoms with Gasteiger partial charge in [0, 0.05) is 80.3 Å². The van der Waals surface area contributed by atoms with Crippen molar-refractivity contribution in [2.45, 2.75) is 62.2 Å². The third kappa shape index (κ3) is 5.86. The van der Waals surface area contributed by atoms with Gasteiger partial charge in [-0.05, 0) is 57.9 Å². The summed E-state index contributed by atoms with van der Waals surface area (Å²) in [6, 6.07) is 8.70. The molecule has 232 valence electrons. The molecule has 7 heterocycles. The number of piperidine rings is 1. The van der Waals surface area contributed by atoms with E-state index in [1.54, 1.807) is 4.31 Å². The van der Waals surface area contributed by atoms with Crippen molar-refractivity contribution in [3.05, 3.63) is 59.9 Å². The van der Waals surface area contributed by atoms with Gasteiger partial charge < -0.3 is 15.5 Å². The normalized spacial score (nSPS) is 23.3. The maximum Gasteiger partial charge on any atom is 0.245 e. The molecule has 3 aliphatic rings. The molecule has 0 aromatic carbocycles. The van der Waals surface area contributed by atoms with Gasteiger partial charge in [-0.1, -0.05) is 0 Å². The van der Waals surface area contributed by atoms with E-state index >= 15 is 0 Å². The van der Waals surface area contributed by atoms with Crippen molar-refractivity contribution in [1.82, 2.24) is 39.3 Å². The number of fused-ring (bicyclic) bond motifs is 3. The van der Waals surface area contributed by atoms with Crippen LogP contribution in [0.5, 0.6) is 0 Å². The van der Waals surface area contributed by atoms with Crippen LogP contribution in [0.3, 0.4) is 0 Å². The quantitative estimate of drug-likeness (QED) is 0.269. The number of pyridine rings is 3. The van der Waals surface area contributed by atoms with Gasteiger partial charge in [0.1, 0.15) is 22.3 Å². The molecule has 0 saturated carbocycles. The third-order valence-electron chi connectivity index (χ3n) is 8.95. The number of piperazine rings is 1. The van der Waals surface area contributed by atoms with Gasteiger partial charge in [-0.3, -0.25) is 20.0 Å². The summed E-state index contributed by atoms with van der Waals surface area (Å²) in [5, 5.41) is 15.1. The molecule has 4 aromatic heterocycles. The second kappa shape index (κ2) is 11.7. The Morgan fingerprint density at radius 1 is 1.00 bits per heavy atom. The Labute approximate surface area is 256 Å². The average Bonchev–Trinajstić information content (AvgIpc) is 3.53. The van der Waals surface area contributed by atoms with Gasteiger partial charge in [-0.15, -0.1) is 0 Å². The van der Waals surface area contributed by atoms with Crippen molar-refractivity contribution >= 4 is 38.4 Å². The molecular formula is C30H37FN10O2S. The fourth-order valence-corrected chi connectivity index (χ4v) is 8.64. The molecule has 7 rings (SSSR count). The minimum absolute atomic E-state index is 0.00757. The maximum atomic E-state index is 13.9. The van der Waals surface area contributed by atoms with Crippen molar-refractivity contribution in [1.29, 1.82) is 0 Å². The minimum Gasteiger partial charge on any atom is -0.367 e. The summed E-state index contributed by atoms with van der Waals surface area (Å²) < 4.78 is 42.4. The molecular weight excluding hydrogens is 583 g/mol. The average molecular weight is 621 g/mol. The van der Waals surface area contributed by atoms with Gasteiger partial charge in [0.15, 0.2) is 5.82 Å². The molecule has 0 amide bonds. The Balaban J connectivity index is 1.15. The van der Waals surface area contributed by atoms with Crippen LogP contribution in [0.25, 0.3) is 10.9 Å². The zero-order chi connectivity index (χ0) is 30.4. The predicted octanol–water partition coefficient (Wildman–Crippen LogP) is 3.48. The predicted molar refractivity (Wildman–Crippen MR) is 166 cm³/mol. The van der Waals surface area contributed by atoms with Crippen LogP contribution in [-0.4, -0.2) is 99.0 Å². The van der Waals surface area contributed by atoms with Crippen molar-refractivity contribution in [2.24, 2.45) is 0 Å². The number of H-pyrrole nitrogens is 1. The molecule has 3 saturated heterocycles. The monoisotopic (exact) mass is 620 g/mol. The fourth-order valence-electron chi connectivity index (χ4n) is 6.77. The number of aromatic nitrogens is 5. The number of rotatable bonds is 8. The van der Waals surface area contributed by atoms with Gasteiger partial charge in [0.25, 0.3) is 0 Å². The Kier molecular flexibility index (Phi) is 7.69. The van der Waals surface area contributed by atoms with E-state index in [1.807, 2.05) is 19.1 Å². The topological polar surface area (TPSA) is 135 Å². The highest BCUT2D eigenvalue weighted by Crippen LogP contribution is 2.41. The van der Waals surface area contributed by atoms with Gasteiger partial charge in [0.05, 0.1) is 17.4 Å². The largest absolute Gasteiger partial charge is 0.367 e. The zero-order valence-electron chi connectivity index (χ0n) is 24.9. The first-order chi connectivity index (χ1) is 21.2. The first-order valence-corrected chi connectivity index (χ1v) is 16.6. The summed E-state index contributed by atoms with van der Waals surface area (Å²) in [6.07, 6.45) is 5.00. The molecule has 1 unspecified atom stereocenters. The minimum atomic E-state index is -3.86. The first-order valence-electron chi connectivity index (χ1n) is 15.1. The zero-order valence-corrected chi connectivity index (χ0v) is 25.7. The summed E-state index contributed by atoms with van der Waals surface area (Å²) in [7, 11) is -1.71. The van der Waals surface area contributed by atoms with Crippen LogP contribution in [0.2, 0.25) is 0 Å². The van der Waals surface area contributed by atoms with Gasteiger partial charge in [-0.25, -0.2) is 17.8 Å². The smallest absolute Gasteiger partial charge is 0.245 e. The summed E-state index contributed by atoms with van der Waals surface area (Å²) >= 11 is 0. The number of nitrogens with one attached hydrogen (secondary N) is 3. The number of aromatic amines is 1. The molecule has 44 heavy (non-hydrogen) atoms. The van der Waals surface area contributed by atoms with E-state index in [9.17, 15) is 12.8 Å². The molecule has 3 atom stereocenters. The molecule has 3 N–H and O–H groups in total. The van der Waals surface area contributed by atoms with Gasteiger partial charge in [0.2, 0.25) is 10.0 Å². The molecule has 14 heteroatoms. The number of hydrogen-bond donors (Lipinski definition) is 3. The molecule has 0 spiro atoms. The van der Waals surface area contributed by atoms with Gasteiger partial charge >= 0.3 is 0 Å². The second-order valence-corrected chi connectivity index (χ2v) is 14.1. The van der Waals surface area contributed by atoms with E-state index in [1.165, 1.54) is 6.20 Å². The molecule has 12 nitrogen and oxygen atoms in total. The highest BCUT2D eigenvalue weighted by Gasteiger charge is 2.47. The molecule has 0 aliphatic carbocycles. The van der Waals surface area contributed by atoms with Crippen LogP contribution in [0.4, 0.5) is 21.8 Å². The summed E-state index contributed by atoms with van der Waals surface area (Å²) in [6.45, 7) is 6.84. The Hall–Kier alpha value is -3.72. The number of aryl methyl sites for hydroxylation is 1. The Bertz CT molecular complexity index is 1760. The third-order valence-corrected chi connectivity index (χ3v) is 10.9. The van der Waals surface area contributed by atoms with Crippen molar-refractivity contribution < 1.29 is 12.8 Å². The van der Waals surface area contributed by atoms with Crippen molar-refractivity contribution in [3.8, 4) is 0 Å². The number of likely N-dealkylation sites (N-methyl/N-ethyl adjacent to an activating group) is 1. The summed E-state index contributed by atoms with van der Waals surface area (Å²) in [4.78, 5) is 18.4. The lowest BCUT2D eigenvalue weighted by atomic mass is 9.99. The van der Waals surface area contributed by atoms with Crippen LogP contribution in [0.1, 0.15) is 37.1 Å². The molecule has 4 aromatic rings. The van der Waals surface area contributed by atoms with Crippen LogP contribution in [0.15, 0.2) is 47.6 Å². The molecule has 3 fully saturated rings. The Morgan fingerprint density at radius 3 is 2.48 bits per heavy atom. The van der Waals surface area contributed by atoms with Crippen molar-refractivity contribution in [3.63, 3.8) is 0 Å². The molecule has 0 radical (unpaired) electrons.